The van der Waals surface area contributed by atoms with Gasteiger partial charge in [-0.1, -0.05) is 6.07 Å². The Bertz CT molecular complexity index is 519. The van der Waals surface area contributed by atoms with Gasteiger partial charge in [-0.25, -0.2) is 4.79 Å². The van der Waals surface area contributed by atoms with Gasteiger partial charge in [0, 0.05) is 38.1 Å². The van der Waals surface area contributed by atoms with Gasteiger partial charge in [0.1, 0.15) is 0 Å². The maximum atomic E-state index is 12.0. The Labute approximate surface area is 144 Å². The normalized spacial score (nSPS) is 27.3. The number of urea groups is 1. The number of hydrogen-bond donors (Lipinski definition) is 2. The van der Waals surface area contributed by atoms with Crippen molar-refractivity contribution in [3.63, 3.8) is 0 Å². The molecule has 2 amide bonds. The molecule has 3 rings (SSSR count). The van der Waals surface area contributed by atoms with Crippen molar-refractivity contribution >= 4 is 6.03 Å². The fourth-order valence-electron chi connectivity index (χ4n) is 3.82. The van der Waals surface area contributed by atoms with Crippen molar-refractivity contribution in [2.75, 3.05) is 33.3 Å². The number of amides is 2. The topological polar surface area (TPSA) is 66.5 Å². The summed E-state index contributed by atoms with van der Waals surface area (Å²) in [4.78, 5) is 18.6. The van der Waals surface area contributed by atoms with Crippen molar-refractivity contribution in [3.8, 4) is 0 Å². The van der Waals surface area contributed by atoms with Gasteiger partial charge in [0.05, 0.1) is 6.10 Å². The Kier molecular flexibility index (Phi) is 6.04. The van der Waals surface area contributed by atoms with Crippen molar-refractivity contribution in [2.24, 2.45) is 5.92 Å². The molecule has 0 spiro atoms. The molecule has 24 heavy (non-hydrogen) atoms. The van der Waals surface area contributed by atoms with Crippen molar-refractivity contribution in [2.45, 2.75) is 37.8 Å². The molecule has 0 unspecified atom stereocenters. The van der Waals surface area contributed by atoms with Crippen LogP contribution in [0.2, 0.25) is 0 Å². The van der Waals surface area contributed by atoms with E-state index in [0.717, 1.165) is 38.8 Å². The van der Waals surface area contributed by atoms with Crippen LogP contribution in [0.1, 0.15) is 37.3 Å². The van der Waals surface area contributed by atoms with Gasteiger partial charge in [0.2, 0.25) is 0 Å². The van der Waals surface area contributed by atoms with Crippen LogP contribution in [0, 0.1) is 5.92 Å². The second kappa shape index (κ2) is 8.44. The summed E-state index contributed by atoms with van der Waals surface area (Å²) in [6.45, 7) is 3.27. The number of hydrogen-bond acceptors (Lipinski definition) is 4. The molecule has 3 heterocycles. The Balaban J connectivity index is 1.42. The van der Waals surface area contributed by atoms with E-state index in [-0.39, 0.29) is 6.03 Å². The minimum absolute atomic E-state index is 0.0764. The van der Waals surface area contributed by atoms with Crippen LogP contribution in [-0.4, -0.2) is 55.3 Å². The van der Waals surface area contributed by atoms with Crippen LogP contribution < -0.4 is 10.6 Å². The second-order valence-electron chi connectivity index (χ2n) is 6.82. The van der Waals surface area contributed by atoms with E-state index in [1.54, 1.807) is 6.20 Å². The number of nitrogens with one attached hydrogen (secondary N) is 2. The molecule has 1 aromatic heterocycles. The molecular formula is C18H28N4O2. The molecule has 2 aliphatic heterocycles. The van der Waals surface area contributed by atoms with Gasteiger partial charge in [-0.05, 0) is 56.8 Å². The summed E-state index contributed by atoms with van der Waals surface area (Å²) in [7, 11) is 2.14. The molecule has 0 bridgehead atoms. The van der Waals surface area contributed by atoms with Crippen molar-refractivity contribution in [3.05, 3.63) is 30.1 Å². The fourth-order valence-corrected chi connectivity index (χ4v) is 3.82. The van der Waals surface area contributed by atoms with E-state index in [4.69, 9.17) is 4.74 Å². The molecule has 1 aromatic rings. The van der Waals surface area contributed by atoms with E-state index < -0.39 is 0 Å². The lowest BCUT2D eigenvalue weighted by molar-refractivity contribution is 0.104. The Hall–Kier alpha value is -1.66. The first kappa shape index (κ1) is 17.2. The molecule has 0 saturated carbocycles. The van der Waals surface area contributed by atoms with Crippen molar-refractivity contribution < 1.29 is 9.53 Å². The molecule has 0 radical (unpaired) electrons. The van der Waals surface area contributed by atoms with Crippen LogP contribution in [0.3, 0.4) is 0 Å². The molecule has 2 fully saturated rings. The van der Waals surface area contributed by atoms with Gasteiger partial charge in [0.15, 0.2) is 0 Å². The number of aromatic nitrogens is 1. The predicted molar refractivity (Wildman–Crippen MR) is 92.7 cm³/mol. The fraction of sp³-hybridized carbons (Fsp3) is 0.667. The molecule has 6 heteroatoms. The largest absolute Gasteiger partial charge is 0.378 e. The SMILES string of the molecule is CN1CC[C@@H](CNC(=O)NCC[C@@H]2CCCO2)[C@@H]1c1cccnc1. The molecule has 0 aliphatic carbocycles. The van der Waals surface area contributed by atoms with Crippen LogP contribution in [-0.2, 0) is 4.74 Å². The first-order valence-corrected chi connectivity index (χ1v) is 8.97. The van der Waals surface area contributed by atoms with E-state index in [0.29, 0.717) is 31.2 Å². The quantitative estimate of drug-likeness (QED) is 0.835. The zero-order valence-electron chi connectivity index (χ0n) is 14.4. The maximum Gasteiger partial charge on any atom is 0.314 e. The van der Waals surface area contributed by atoms with Gasteiger partial charge >= 0.3 is 6.03 Å². The highest BCUT2D eigenvalue weighted by Gasteiger charge is 2.33. The maximum absolute atomic E-state index is 12.0. The number of carbonyl (C=O) groups is 1. The third kappa shape index (κ3) is 4.45. The molecular weight excluding hydrogens is 304 g/mol. The third-order valence-corrected chi connectivity index (χ3v) is 5.10. The number of carbonyl (C=O) groups excluding carboxylic acids is 1. The molecule has 2 aliphatic rings. The van der Waals surface area contributed by atoms with E-state index in [9.17, 15) is 4.79 Å². The predicted octanol–water partition coefficient (Wildman–Crippen LogP) is 1.94. The summed E-state index contributed by atoms with van der Waals surface area (Å²) in [6.07, 6.45) is 8.30. The Morgan fingerprint density at radius 1 is 1.42 bits per heavy atom. The molecule has 2 saturated heterocycles. The lowest BCUT2D eigenvalue weighted by Crippen LogP contribution is -2.40. The Morgan fingerprint density at radius 2 is 2.33 bits per heavy atom. The average molecular weight is 332 g/mol. The van der Waals surface area contributed by atoms with Crippen LogP contribution >= 0.6 is 0 Å². The zero-order valence-corrected chi connectivity index (χ0v) is 14.4. The highest BCUT2D eigenvalue weighted by atomic mass is 16.5. The van der Waals surface area contributed by atoms with Gasteiger partial charge < -0.3 is 15.4 Å². The van der Waals surface area contributed by atoms with E-state index >= 15 is 0 Å². The molecule has 6 nitrogen and oxygen atoms in total. The number of likely N-dealkylation sites (tertiary alicyclic amines) is 1. The smallest absolute Gasteiger partial charge is 0.314 e. The second-order valence-corrected chi connectivity index (χ2v) is 6.82. The van der Waals surface area contributed by atoms with E-state index in [1.165, 1.54) is 5.56 Å². The highest BCUT2D eigenvalue weighted by molar-refractivity contribution is 5.73. The first-order chi connectivity index (χ1) is 11.7. The van der Waals surface area contributed by atoms with E-state index in [1.807, 2.05) is 12.3 Å². The van der Waals surface area contributed by atoms with Crippen LogP contribution in [0.4, 0.5) is 4.79 Å². The van der Waals surface area contributed by atoms with E-state index in [2.05, 4.69) is 33.6 Å². The highest BCUT2D eigenvalue weighted by Crippen LogP contribution is 2.35. The number of pyridine rings is 1. The third-order valence-electron chi connectivity index (χ3n) is 5.10. The minimum atomic E-state index is -0.0764. The monoisotopic (exact) mass is 332 g/mol. The van der Waals surface area contributed by atoms with Crippen LogP contribution in [0.25, 0.3) is 0 Å². The summed E-state index contributed by atoms with van der Waals surface area (Å²) < 4.78 is 5.57. The molecule has 0 aromatic carbocycles. The summed E-state index contributed by atoms with van der Waals surface area (Å²) in [5.74, 6) is 0.420. The molecule has 132 valence electrons. The van der Waals surface area contributed by atoms with Gasteiger partial charge in [-0.2, -0.15) is 0 Å². The lowest BCUT2D eigenvalue weighted by atomic mass is 9.95. The number of rotatable bonds is 6. The summed E-state index contributed by atoms with van der Waals surface area (Å²) in [5, 5.41) is 5.98. The number of ether oxygens (including phenoxy) is 1. The average Bonchev–Trinajstić information content (AvgIpc) is 3.23. The first-order valence-electron chi connectivity index (χ1n) is 8.97. The molecule has 2 N–H and O–H groups in total. The van der Waals surface area contributed by atoms with Gasteiger partial charge in [0.25, 0.3) is 0 Å². The summed E-state index contributed by atoms with van der Waals surface area (Å²) >= 11 is 0. The molecule has 3 atom stereocenters. The van der Waals surface area contributed by atoms with Crippen LogP contribution in [0.15, 0.2) is 24.5 Å². The van der Waals surface area contributed by atoms with Gasteiger partial charge in [-0.15, -0.1) is 0 Å². The standard InChI is InChI=1S/C18H28N4O2/c1-22-10-7-15(17(22)14-4-2-8-19-12-14)13-21-18(23)20-9-6-16-5-3-11-24-16/h2,4,8,12,15-17H,3,5-7,9-11,13H2,1H3,(H2,20,21,23)/t15-,16-,17-/m0/s1. The van der Waals surface area contributed by atoms with Gasteiger partial charge in [-0.3, -0.25) is 9.88 Å². The van der Waals surface area contributed by atoms with Crippen LogP contribution in [0.5, 0.6) is 0 Å². The summed E-state index contributed by atoms with van der Waals surface area (Å²) in [6, 6.07) is 4.34. The minimum Gasteiger partial charge on any atom is -0.378 e. The van der Waals surface area contributed by atoms with Crippen molar-refractivity contribution in [1.82, 2.24) is 20.5 Å². The lowest BCUT2D eigenvalue weighted by Gasteiger charge is -2.25. The zero-order chi connectivity index (χ0) is 16.8. The van der Waals surface area contributed by atoms with Crippen molar-refractivity contribution in [1.29, 1.82) is 0 Å². The number of nitrogens with zero attached hydrogens (tertiary/aromatic N) is 2. The Morgan fingerprint density at radius 3 is 3.08 bits per heavy atom. The summed E-state index contributed by atoms with van der Waals surface area (Å²) in [5.41, 5.74) is 1.23.